The molecule has 0 fully saturated rings. The molecular weight excluding hydrogens is 609 g/mol. The molecular formula is C46H30N4. The van der Waals surface area contributed by atoms with Crippen LogP contribution < -0.4 is 0 Å². The van der Waals surface area contributed by atoms with Crippen molar-refractivity contribution >= 4 is 21.8 Å². The van der Waals surface area contributed by atoms with Crippen molar-refractivity contribution in [2.24, 2.45) is 0 Å². The molecule has 0 unspecified atom stereocenters. The second-order valence-corrected chi connectivity index (χ2v) is 12.3. The van der Waals surface area contributed by atoms with Crippen molar-refractivity contribution in [3.8, 4) is 67.5 Å². The quantitative estimate of drug-likeness (QED) is 0.170. The average Bonchev–Trinajstić information content (AvgIpc) is 3.21. The van der Waals surface area contributed by atoms with E-state index in [1.807, 2.05) is 72.8 Å². The van der Waals surface area contributed by atoms with Gasteiger partial charge < -0.3 is 0 Å². The summed E-state index contributed by atoms with van der Waals surface area (Å²) in [5.74, 6) is 0. The molecule has 9 rings (SSSR count). The standard InChI is InChI=1S/C46H30N4/c1-5-13-31(14-6-1)39-29-27-37-25-26-38-28-30-40(48-42(38)41(37)47-39)32-21-23-36(24-22-32)46-45(35-19-11-4-12-20-35)49-43(33-15-7-2-8-16-33)44(50-46)34-17-9-3-10-18-34/h1-30H. The lowest BCUT2D eigenvalue weighted by Crippen LogP contribution is -2.00. The Kier molecular flexibility index (Phi) is 7.45. The predicted molar refractivity (Wildman–Crippen MR) is 205 cm³/mol. The Morgan fingerprint density at radius 2 is 0.500 bits per heavy atom. The van der Waals surface area contributed by atoms with Gasteiger partial charge >= 0.3 is 0 Å². The van der Waals surface area contributed by atoms with Gasteiger partial charge in [0.15, 0.2) is 0 Å². The number of fused-ring (bicyclic) bond motifs is 3. The molecule has 9 aromatic rings. The van der Waals surface area contributed by atoms with Crippen LogP contribution in [-0.2, 0) is 0 Å². The van der Waals surface area contributed by atoms with Crippen LogP contribution in [0.15, 0.2) is 182 Å². The highest BCUT2D eigenvalue weighted by molar-refractivity contribution is 6.04. The van der Waals surface area contributed by atoms with Crippen LogP contribution in [0.3, 0.4) is 0 Å². The normalized spacial score (nSPS) is 11.2. The highest BCUT2D eigenvalue weighted by Crippen LogP contribution is 2.38. The maximum atomic E-state index is 5.39. The minimum absolute atomic E-state index is 0.830. The first-order valence-corrected chi connectivity index (χ1v) is 16.7. The van der Waals surface area contributed by atoms with Gasteiger partial charge in [0, 0.05) is 44.2 Å². The van der Waals surface area contributed by atoms with Crippen LogP contribution in [0.1, 0.15) is 0 Å². The van der Waals surface area contributed by atoms with E-state index in [9.17, 15) is 0 Å². The van der Waals surface area contributed by atoms with Crippen molar-refractivity contribution in [2.45, 2.75) is 0 Å². The predicted octanol–water partition coefficient (Wildman–Crippen LogP) is 11.6. The zero-order valence-electron chi connectivity index (χ0n) is 27.1. The number of rotatable bonds is 6. The van der Waals surface area contributed by atoms with Gasteiger partial charge in [-0.1, -0.05) is 170 Å². The van der Waals surface area contributed by atoms with E-state index < -0.39 is 0 Å². The Balaban J connectivity index is 1.17. The molecule has 0 N–H and O–H groups in total. The van der Waals surface area contributed by atoms with E-state index in [4.69, 9.17) is 19.9 Å². The third-order valence-corrected chi connectivity index (χ3v) is 9.08. The first-order chi connectivity index (χ1) is 24.8. The van der Waals surface area contributed by atoms with Crippen molar-refractivity contribution in [3.05, 3.63) is 182 Å². The fourth-order valence-electron chi connectivity index (χ4n) is 6.53. The highest BCUT2D eigenvalue weighted by atomic mass is 14.9. The van der Waals surface area contributed by atoms with Crippen LogP contribution in [0.4, 0.5) is 0 Å². The zero-order valence-corrected chi connectivity index (χ0v) is 27.1. The van der Waals surface area contributed by atoms with Crippen molar-refractivity contribution in [3.63, 3.8) is 0 Å². The molecule has 0 aliphatic carbocycles. The fourth-order valence-corrected chi connectivity index (χ4v) is 6.53. The van der Waals surface area contributed by atoms with E-state index in [1.54, 1.807) is 0 Å². The summed E-state index contributed by atoms with van der Waals surface area (Å²) in [6, 6.07) is 62.4. The molecule has 234 valence electrons. The van der Waals surface area contributed by atoms with Gasteiger partial charge in [-0.25, -0.2) is 19.9 Å². The van der Waals surface area contributed by atoms with E-state index >= 15 is 0 Å². The number of nitrogens with zero attached hydrogens (tertiary/aromatic N) is 4. The number of hydrogen-bond acceptors (Lipinski definition) is 4. The molecule has 0 saturated heterocycles. The highest BCUT2D eigenvalue weighted by Gasteiger charge is 2.19. The molecule has 3 aromatic heterocycles. The lowest BCUT2D eigenvalue weighted by atomic mass is 9.98. The lowest BCUT2D eigenvalue weighted by Gasteiger charge is -2.16. The van der Waals surface area contributed by atoms with Gasteiger partial charge in [0.2, 0.25) is 0 Å². The van der Waals surface area contributed by atoms with E-state index in [0.717, 1.165) is 89.4 Å². The Morgan fingerprint density at radius 3 is 0.880 bits per heavy atom. The molecule has 0 radical (unpaired) electrons. The summed E-state index contributed by atoms with van der Waals surface area (Å²) in [6.07, 6.45) is 0. The van der Waals surface area contributed by atoms with E-state index in [2.05, 4.69) is 109 Å². The molecule has 6 aromatic carbocycles. The molecule has 3 heterocycles. The van der Waals surface area contributed by atoms with Crippen molar-refractivity contribution < 1.29 is 0 Å². The van der Waals surface area contributed by atoms with Gasteiger partial charge in [0.25, 0.3) is 0 Å². The van der Waals surface area contributed by atoms with Crippen LogP contribution in [0.5, 0.6) is 0 Å². The summed E-state index contributed by atoms with van der Waals surface area (Å²) in [7, 11) is 0. The van der Waals surface area contributed by atoms with E-state index in [-0.39, 0.29) is 0 Å². The Bertz CT molecular complexity index is 2600. The molecule has 4 heteroatoms. The van der Waals surface area contributed by atoms with Crippen LogP contribution in [0, 0.1) is 0 Å². The number of hydrogen-bond donors (Lipinski definition) is 0. The molecule has 4 nitrogen and oxygen atoms in total. The largest absolute Gasteiger partial charge is 0.245 e. The van der Waals surface area contributed by atoms with Crippen molar-refractivity contribution in [1.29, 1.82) is 0 Å². The first kappa shape index (κ1) is 29.4. The minimum Gasteiger partial charge on any atom is -0.245 e. The number of aromatic nitrogens is 4. The van der Waals surface area contributed by atoms with Gasteiger partial charge in [-0.05, 0) is 12.1 Å². The number of pyridine rings is 2. The van der Waals surface area contributed by atoms with Gasteiger partial charge in [-0.2, -0.15) is 0 Å². The average molecular weight is 639 g/mol. The smallest absolute Gasteiger partial charge is 0.0973 e. The number of benzene rings is 6. The van der Waals surface area contributed by atoms with Crippen LogP contribution >= 0.6 is 0 Å². The van der Waals surface area contributed by atoms with Crippen molar-refractivity contribution in [1.82, 2.24) is 19.9 Å². The third kappa shape index (κ3) is 5.49. The second kappa shape index (κ2) is 12.7. The topological polar surface area (TPSA) is 51.6 Å². The molecule has 50 heavy (non-hydrogen) atoms. The first-order valence-electron chi connectivity index (χ1n) is 16.7. The Labute approximate surface area is 290 Å². The van der Waals surface area contributed by atoms with Crippen LogP contribution in [0.2, 0.25) is 0 Å². The summed E-state index contributed by atoms with van der Waals surface area (Å²) in [5.41, 5.74) is 13.1. The van der Waals surface area contributed by atoms with Crippen molar-refractivity contribution in [2.75, 3.05) is 0 Å². The molecule has 0 amide bonds. The van der Waals surface area contributed by atoms with Gasteiger partial charge in [-0.15, -0.1) is 0 Å². The Hall–Kier alpha value is -6.78. The minimum atomic E-state index is 0.830. The monoisotopic (exact) mass is 638 g/mol. The molecule has 0 bridgehead atoms. The fraction of sp³-hybridized carbons (Fsp3) is 0. The van der Waals surface area contributed by atoms with Crippen LogP contribution in [-0.4, -0.2) is 19.9 Å². The SMILES string of the molecule is c1ccc(-c2ccc3ccc4ccc(-c5ccc(-c6nc(-c7ccccc7)c(-c7ccccc7)nc6-c6ccccc6)cc5)nc4c3n2)cc1. The molecule has 0 aliphatic rings. The van der Waals surface area contributed by atoms with E-state index in [1.165, 1.54) is 0 Å². The third-order valence-electron chi connectivity index (χ3n) is 9.08. The Morgan fingerprint density at radius 1 is 0.220 bits per heavy atom. The summed E-state index contributed by atoms with van der Waals surface area (Å²) >= 11 is 0. The lowest BCUT2D eigenvalue weighted by molar-refractivity contribution is 1.21. The van der Waals surface area contributed by atoms with Crippen LogP contribution in [0.25, 0.3) is 89.4 Å². The summed E-state index contributed by atoms with van der Waals surface area (Å²) in [5, 5.41) is 2.13. The molecule has 0 atom stereocenters. The molecule has 0 spiro atoms. The molecule has 0 saturated carbocycles. The summed E-state index contributed by atoms with van der Waals surface area (Å²) in [4.78, 5) is 21.0. The van der Waals surface area contributed by atoms with Gasteiger partial charge in [0.1, 0.15) is 0 Å². The van der Waals surface area contributed by atoms with E-state index in [0.29, 0.717) is 0 Å². The van der Waals surface area contributed by atoms with Gasteiger partial charge in [-0.3, -0.25) is 0 Å². The maximum absolute atomic E-state index is 5.39. The molecule has 0 aliphatic heterocycles. The summed E-state index contributed by atoms with van der Waals surface area (Å²) < 4.78 is 0. The summed E-state index contributed by atoms with van der Waals surface area (Å²) in [6.45, 7) is 0. The van der Waals surface area contributed by atoms with Gasteiger partial charge in [0.05, 0.1) is 45.2 Å². The maximum Gasteiger partial charge on any atom is 0.0973 e. The second-order valence-electron chi connectivity index (χ2n) is 12.3. The zero-order chi connectivity index (χ0) is 33.3.